The number of amides is 2. The van der Waals surface area contributed by atoms with Gasteiger partial charge in [-0.25, -0.2) is 5.43 Å². The zero-order valence-electron chi connectivity index (χ0n) is 23.3. The van der Waals surface area contributed by atoms with Gasteiger partial charge in [0, 0.05) is 43.7 Å². The van der Waals surface area contributed by atoms with E-state index in [2.05, 4.69) is 41.4 Å². The van der Waals surface area contributed by atoms with Crippen LogP contribution in [0.4, 0.5) is 5.69 Å². The van der Waals surface area contributed by atoms with Crippen molar-refractivity contribution in [3.05, 3.63) is 102 Å². The summed E-state index contributed by atoms with van der Waals surface area (Å²) in [6, 6.07) is 28.0. The Bertz CT molecular complexity index is 1240. The molecule has 1 aliphatic carbocycles. The number of hydrogen-bond donors (Lipinski definition) is 1. The molecule has 7 nitrogen and oxygen atoms in total. The highest BCUT2D eigenvalue weighted by molar-refractivity contribution is 5.91. The summed E-state index contributed by atoms with van der Waals surface area (Å²) in [6.45, 7) is 8.40. The minimum atomic E-state index is -0.429. The minimum absolute atomic E-state index is 0.0897. The molecule has 5 rings (SSSR count). The fraction of sp³-hybridized carbons (Fsp3) is 0.364. The van der Waals surface area contributed by atoms with Gasteiger partial charge in [0.1, 0.15) is 0 Å². The molecule has 1 N–H and O–H groups in total. The first-order chi connectivity index (χ1) is 19.6. The summed E-state index contributed by atoms with van der Waals surface area (Å²) >= 11 is 0. The Labute approximate surface area is 236 Å². The largest absolute Gasteiger partial charge is 0.378 e. The molecule has 208 valence electrons. The molecule has 0 aromatic heterocycles. The predicted molar refractivity (Wildman–Crippen MR) is 158 cm³/mol. The molecule has 4 atom stereocenters. The van der Waals surface area contributed by atoms with Crippen molar-refractivity contribution < 1.29 is 14.3 Å². The molecule has 0 spiro atoms. The fourth-order valence-corrected chi connectivity index (χ4v) is 6.16. The third-order valence-corrected chi connectivity index (χ3v) is 8.24. The van der Waals surface area contributed by atoms with Crippen LogP contribution in [0, 0.1) is 11.8 Å². The molecule has 2 unspecified atom stereocenters. The molecule has 1 saturated carbocycles. The molecule has 3 aromatic rings. The number of carbonyl (C=O) groups is 2. The second-order valence-electron chi connectivity index (χ2n) is 10.4. The molecule has 2 amide bonds. The Morgan fingerprint density at radius 2 is 1.40 bits per heavy atom. The molecule has 1 saturated heterocycles. The lowest BCUT2D eigenvalue weighted by molar-refractivity contribution is -0.151. The molecule has 2 aliphatic rings. The van der Waals surface area contributed by atoms with Gasteiger partial charge < -0.3 is 14.5 Å². The molecule has 0 radical (unpaired) electrons. The Morgan fingerprint density at radius 3 is 1.93 bits per heavy atom. The number of morpholine rings is 1. The maximum atomic E-state index is 13.9. The van der Waals surface area contributed by atoms with Gasteiger partial charge >= 0.3 is 0 Å². The van der Waals surface area contributed by atoms with Crippen molar-refractivity contribution in [1.29, 1.82) is 0 Å². The third kappa shape index (κ3) is 5.80. The molecule has 1 aliphatic heterocycles. The van der Waals surface area contributed by atoms with Crippen LogP contribution < -0.4 is 10.3 Å². The van der Waals surface area contributed by atoms with Crippen molar-refractivity contribution in [2.75, 3.05) is 44.3 Å². The number of benzene rings is 3. The van der Waals surface area contributed by atoms with E-state index in [1.807, 2.05) is 77.7 Å². The molecular weight excluding hydrogens is 500 g/mol. The summed E-state index contributed by atoms with van der Waals surface area (Å²) in [5.41, 5.74) is 6.87. The molecule has 0 bridgehead atoms. The number of carbonyl (C=O) groups excluding carboxylic acids is 2. The standard InChI is InChI=1S/C33H38N4O3/c1-3-36(4-2)27-17-15-24(16-18-27)23-34-35-32(38)30-28(25-11-7-5-8-12-25)31(29(30)26-13-9-6-10-14-26)33(39)37-19-21-40-22-20-37/h5-18,23,28-31H,3-4,19-22H2,1-2H3,(H,35,38)/b34-23-/t28-,29+,30?,31?. The quantitative estimate of drug-likeness (QED) is 0.318. The SMILES string of the molecule is CCN(CC)c1ccc(/C=N\NC(=O)C2[C@@H](c3ccccc3)C(C(=O)N3CCOCC3)[C@H]2c2ccccc2)cc1. The molecule has 7 heteroatoms. The maximum Gasteiger partial charge on any atom is 0.244 e. The first kappa shape index (κ1) is 27.6. The van der Waals surface area contributed by atoms with Crippen molar-refractivity contribution >= 4 is 23.7 Å². The summed E-state index contributed by atoms with van der Waals surface area (Å²) in [7, 11) is 0. The van der Waals surface area contributed by atoms with E-state index in [-0.39, 0.29) is 29.6 Å². The number of nitrogens with zero attached hydrogens (tertiary/aromatic N) is 3. The van der Waals surface area contributed by atoms with Crippen LogP contribution in [0.25, 0.3) is 0 Å². The summed E-state index contributed by atoms with van der Waals surface area (Å²) in [5.74, 6) is -1.34. The molecule has 2 fully saturated rings. The first-order valence-corrected chi connectivity index (χ1v) is 14.3. The van der Waals surface area contributed by atoms with Crippen molar-refractivity contribution in [1.82, 2.24) is 10.3 Å². The van der Waals surface area contributed by atoms with Crippen LogP contribution in [0.15, 0.2) is 90.0 Å². The van der Waals surface area contributed by atoms with Gasteiger partial charge in [0.25, 0.3) is 0 Å². The van der Waals surface area contributed by atoms with Gasteiger partial charge in [-0.15, -0.1) is 0 Å². The van der Waals surface area contributed by atoms with E-state index in [4.69, 9.17) is 4.74 Å². The van der Waals surface area contributed by atoms with Gasteiger partial charge in [0.2, 0.25) is 11.8 Å². The number of nitrogens with one attached hydrogen (secondary N) is 1. The highest BCUT2D eigenvalue weighted by Gasteiger charge is 2.58. The summed E-state index contributed by atoms with van der Waals surface area (Å²) in [4.78, 5) is 31.9. The van der Waals surface area contributed by atoms with Crippen LogP contribution in [0.5, 0.6) is 0 Å². The van der Waals surface area contributed by atoms with Crippen molar-refractivity contribution in [2.45, 2.75) is 25.7 Å². The van der Waals surface area contributed by atoms with Crippen LogP contribution in [0.2, 0.25) is 0 Å². The normalized spacial score (nSPS) is 22.5. The zero-order valence-corrected chi connectivity index (χ0v) is 23.3. The van der Waals surface area contributed by atoms with Crippen molar-refractivity contribution in [2.24, 2.45) is 16.9 Å². The lowest BCUT2D eigenvalue weighted by Gasteiger charge is -2.52. The van der Waals surface area contributed by atoms with E-state index in [0.29, 0.717) is 26.3 Å². The van der Waals surface area contributed by atoms with Crippen molar-refractivity contribution in [3.8, 4) is 0 Å². The monoisotopic (exact) mass is 538 g/mol. The lowest BCUT2D eigenvalue weighted by atomic mass is 9.51. The first-order valence-electron chi connectivity index (χ1n) is 14.3. The summed E-state index contributed by atoms with van der Waals surface area (Å²) in [5, 5.41) is 4.33. The Balaban J connectivity index is 1.40. The number of rotatable bonds is 9. The van der Waals surface area contributed by atoms with Crippen LogP contribution >= 0.6 is 0 Å². The van der Waals surface area contributed by atoms with Crippen molar-refractivity contribution in [3.63, 3.8) is 0 Å². The molecule has 40 heavy (non-hydrogen) atoms. The van der Waals surface area contributed by atoms with E-state index in [0.717, 1.165) is 35.5 Å². The molecular formula is C33H38N4O3. The third-order valence-electron chi connectivity index (χ3n) is 8.24. The topological polar surface area (TPSA) is 74.2 Å². The highest BCUT2D eigenvalue weighted by Crippen LogP contribution is 2.58. The number of ether oxygens (including phenoxy) is 1. The van der Waals surface area contributed by atoms with Crippen LogP contribution in [-0.4, -0.2) is 62.3 Å². The maximum absolute atomic E-state index is 13.9. The smallest absolute Gasteiger partial charge is 0.244 e. The van der Waals surface area contributed by atoms with Gasteiger partial charge in [-0.2, -0.15) is 5.10 Å². The average Bonchev–Trinajstić information content (AvgIpc) is 2.99. The average molecular weight is 539 g/mol. The summed E-state index contributed by atoms with van der Waals surface area (Å²) in [6.07, 6.45) is 1.67. The Kier molecular flexibility index (Phi) is 8.91. The fourth-order valence-electron chi connectivity index (χ4n) is 6.16. The zero-order chi connectivity index (χ0) is 27.9. The second kappa shape index (κ2) is 12.9. The van der Waals surface area contributed by atoms with Gasteiger partial charge in [0.15, 0.2) is 0 Å². The van der Waals surface area contributed by atoms with Gasteiger partial charge in [-0.3, -0.25) is 9.59 Å². The van der Waals surface area contributed by atoms with Crippen LogP contribution in [0.3, 0.4) is 0 Å². The highest BCUT2D eigenvalue weighted by atomic mass is 16.5. The van der Waals surface area contributed by atoms with Gasteiger partial charge in [-0.05, 0) is 42.7 Å². The summed E-state index contributed by atoms with van der Waals surface area (Å²) < 4.78 is 5.50. The molecule has 1 heterocycles. The Morgan fingerprint density at radius 1 is 0.850 bits per heavy atom. The number of hydrogen-bond acceptors (Lipinski definition) is 5. The lowest BCUT2D eigenvalue weighted by Crippen LogP contribution is -2.57. The Hall–Kier alpha value is -3.97. The predicted octanol–water partition coefficient (Wildman–Crippen LogP) is 4.66. The van der Waals surface area contributed by atoms with E-state index in [9.17, 15) is 9.59 Å². The minimum Gasteiger partial charge on any atom is -0.378 e. The van der Waals surface area contributed by atoms with Crippen LogP contribution in [-0.2, 0) is 14.3 Å². The van der Waals surface area contributed by atoms with Gasteiger partial charge in [-0.1, -0.05) is 72.8 Å². The van der Waals surface area contributed by atoms with Gasteiger partial charge in [0.05, 0.1) is 31.3 Å². The van der Waals surface area contributed by atoms with E-state index >= 15 is 0 Å². The van der Waals surface area contributed by atoms with E-state index in [1.165, 1.54) is 0 Å². The van der Waals surface area contributed by atoms with Crippen LogP contribution in [0.1, 0.15) is 42.4 Å². The van der Waals surface area contributed by atoms with E-state index in [1.54, 1.807) is 6.21 Å². The number of anilines is 1. The molecule has 3 aromatic carbocycles. The van der Waals surface area contributed by atoms with E-state index < -0.39 is 5.92 Å². The number of hydrazone groups is 1. The second-order valence-corrected chi connectivity index (χ2v) is 10.4.